The zero-order valence-electron chi connectivity index (χ0n) is 13.4. The highest BCUT2D eigenvalue weighted by atomic mass is 16.3. The van der Waals surface area contributed by atoms with Crippen LogP contribution in [0.15, 0.2) is 54.6 Å². The van der Waals surface area contributed by atoms with Gasteiger partial charge >= 0.3 is 0 Å². The van der Waals surface area contributed by atoms with E-state index in [1.807, 2.05) is 18.2 Å². The second-order valence-electron chi connectivity index (χ2n) is 6.03. The van der Waals surface area contributed by atoms with Crippen molar-refractivity contribution >= 4 is 10.9 Å². The summed E-state index contributed by atoms with van der Waals surface area (Å²) in [5.74, 6) is 0. The molecule has 23 heavy (non-hydrogen) atoms. The van der Waals surface area contributed by atoms with Crippen LogP contribution < -0.4 is 5.73 Å². The van der Waals surface area contributed by atoms with Crippen LogP contribution in [0.2, 0.25) is 0 Å². The lowest BCUT2D eigenvalue weighted by molar-refractivity contribution is 0.260. The van der Waals surface area contributed by atoms with Gasteiger partial charge in [0, 0.05) is 17.0 Å². The number of pyridine rings is 1. The highest BCUT2D eigenvalue weighted by Gasteiger charge is 2.09. The lowest BCUT2D eigenvalue weighted by Gasteiger charge is -2.13. The van der Waals surface area contributed by atoms with Gasteiger partial charge in [0.2, 0.25) is 0 Å². The summed E-state index contributed by atoms with van der Waals surface area (Å²) in [4.78, 5) is 4.81. The summed E-state index contributed by atoms with van der Waals surface area (Å²) in [5, 5.41) is 10.3. The molecule has 0 saturated heterocycles. The van der Waals surface area contributed by atoms with Crippen molar-refractivity contribution in [2.24, 2.45) is 5.73 Å². The molecule has 3 rings (SSSR count). The first-order valence-corrected chi connectivity index (χ1v) is 7.99. The summed E-state index contributed by atoms with van der Waals surface area (Å²) in [7, 11) is 0. The highest BCUT2D eigenvalue weighted by molar-refractivity contribution is 5.85. The van der Waals surface area contributed by atoms with E-state index in [2.05, 4.69) is 43.3 Å². The van der Waals surface area contributed by atoms with Crippen molar-refractivity contribution in [1.29, 1.82) is 0 Å². The quantitative estimate of drug-likeness (QED) is 0.759. The molecular weight excluding hydrogens is 284 g/mol. The second-order valence-corrected chi connectivity index (χ2v) is 6.03. The zero-order chi connectivity index (χ0) is 16.2. The average molecular weight is 306 g/mol. The Labute approximate surface area is 136 Å². The monoisotopic (exact) mass is 306 g/mol. The second kappa shape index (κ2) is 6.90. The summed E-state index contributed by atoms with van der Waals surface area (Å²) in [5.41, 5.74) is 11.4. The van der Waals surface area contributed by atoms with Crippen LogP contribution in [0.4, 0.5) is 0 Å². The molecule has 3 N–H and O–H groups in total. The van der Waals surface area contributed by atoms with E-state index in [1.54, 1.807) is 0 Å². The van der Waals surface area contributed by atoms with E-state index in [4.69, 9.17) is 15.8 Å². The van der Waals surface area contributed by atoms with Gasteiger partial charge in [-0.25, -0.2) is 4.98 Å². The summed E-state index contributed by atoms with van der Waals surface area (Å²) >= 11 is 0. The van der Waals surface area contributed by atoms with E-state index >= 15 is 0 Å². The number of hydrogen-bond donors (Lipinski definition) is 2. The van der Waals surface area contributed by atoms with Crippen LogP contribution in [0.5, 0.6) is 0 Å². The molecule has 0 radical (unpaired) electrons. The first-order chi connectivity index (χ1) is 11.2. The summed E-state index contributed by atoms with van der Waals surface area (Å²) in [6.07, 6.45) is 1.60. The molecule has 3 heteroatoms. The predicted molar refractivity (Wildman–Crippen MR) is 95.3 cm³/mol. The van der Waals surface area contributed by atoms with Crippen molar-refractivity contribution < 1.29 is 5.11 Å². The summed E-state index contributed by atoms with van der Waals surface area (Å²) in [6, 6.07) is 18.5. The van der Waals surface area contributed by atoms with Gasteiger partial charge in [-0.1, -0.05) is 42.0 Å². The molecule has 1 atom stereocenters. The van der Waals surface area contributed by atoms with Crippen LogP contribution in [-0.2, 0) is 6.42 Å². The van der Waals surface area contributed by atoms with Crippen LogP contribution in [0.1, 0.15) is 17.5 Å². The van der Waals surface area contributed by atoms with Crippen molar-refractivity contribution in [3.05, 3.63) is 65.7 Å². The lowest BCUT2D eigenvalue weighted by atomic mass is 9.98. The molecule has 0 aliphatic heterocycles. The zero-order valence-corrected chi connectivity index (χ0v) is 13.4. The number of nitrogens with two attached hydrogens (primary N) is 1. The van der Waals surface area contributed by atoms with Gasteiger partial charge in [-0.15, -0.1) is 0 Å². The van der Waals surface area contributed by atoms with Gasteiger partial charge in [0.25, 0.3) is 0 Å². The van der Waals surface area contributed by atoms with Crippen molar-refractivity contribution in [3.63, 3.8) is 0 Å². The van der Waals surface area contributed by atoms with E-state index < -0.39 is 0 Å². The molecule has 3 nitrogen and oxygen atoms in total. The average Bonchev–Trinajstić information content (AvgIpc) is 2.60. The van der Waals surface area contributed by atoms with Crippen LogP contribution in [0.3, 0.4) is 0 Å². The Morgan fingerprint density at radius 1 is 1.09 bits per heavy atom. The number of aromatic nitrogens is 1. The fourth-order valence-corrected chi connectivity index (χ4v) is 2.81. The Morgan fingerprint density at radius 3 is 2.61 bits per heavy atom. The first-order valence-electron chi connectivity index (χ1n) is 7.99. The topological polar surface area (TPSA) is 59.1 Å². The smallest absolute Gasteiger partial charge is 0.0712 e. The van der Waals surface area contributed by atoms with E-state index in [0.717, 1.165) is 29.6 Å². The molecule has 3 aromatic rings. The van der Waals surface area contributed by atoms with Crippen molar-refractivity contribution in [3.8, 4) is 11.3 Å². The van der Waals surface area contributed by atoms with Crippen LogP contribution >= 0.6 is 0 Å². The fourth-order valence-electron chi connectivity index (χ4n) is 2.81. The molecule has 0 spiro atoms. The largest absolute Gasteiger partial charge is 0.395 e. The van der Waals surface area contributed by atoms with Crippen molar-refractivity contribution in [2.45, 2.75) is 25.8 Å². The standard InChI is InChI=1S/C20H22N2O/c1-14-7-10-19-18(11-14)16(8-9-17(21)13-23)12-20(22-19)15-5-3-2-4-6-15/h2-7,10-12,17,23H,8-9,13,21H2,1H3. The minimum Gasteiger partial charge on any atom is -0.395 e. The third kappa shape index (κ3) is 3.58. The molecule has 0 aliphatic carbocycles. The molecule has 1 unspecified atom stereocenters. The lowest BCUT2D eigenvalue weighted by Crippen LogP contribution is -2.24. The molecule has 0 amide bonds. The third-order valence-corrected chi connectivity index (χ3v) is 4.14. The van der Waals surface area contributed by atoms with Gasteiger partial charge in [0.1, 0.15) is 0 Å². The van der Waals surface area contributed by atoms with E-state index in [9.17, 15) is 0 Å². The molecular formula is C20H22N2O. The number of aryl methyl sites for hydroxylation is 2. The number of rotatable bonds is 5. The highest BCUT2D eigenvalue weighted by Crippen LogP contribution is 2.26. The van der Waals surface area contributed by atoms with Gasteiger partial charge in [-0.3, -0.25) is 0 Å². The SMILES string of the molecule is Cc1ccc2nc(-c3ccccc3)cc(CCC(N)CO)c2c1. The maximum atomic E-state index is 9.17. The van der Waals surface area contributed by atoms with Crippen molar-refractivity contribution in [1.82, 2.24) is 4.98 Å². The molecule has 2 aromatic carbocycles. The number of aliphatic hydroxyl groups is 1. The van der Waals surface area contributed by atoms with E-state index in [-0.39, 0.29) is 12.6 Å². The van der Waals surface area contributed by atoms with Gasteiger partial charge in [-0.05, 0) is 43.5 Å². The van der Waals surface area contributed by atoms with E-state index in [1.165, 1.54) is 16.5 Å². The van der Waals surface area contributed by atoms with Crippen molar-refractivity contribution in [2.75, 3.05) is 6.61 Å². The normalized spacial score (nSPS) is 12.5. The Hall–Kier alpha value is -2.23. The fraction of sp³-hybridized carbons (Fsp3) is 0.250. The Bertz CT molecular complexity index is 799. The summed E-state index contributed by atoms with van der Waals surface area (Å²) < 4.78 is 0. The minimum absolute atomic E-state index is 0.0214. The van der Waals surface area contributed by atoms with Gasteiger partial charge in [0.05, 0.1) is 17.8 Å². The van der Waals surface area contributed by atoms with Gasteiger partial charge in [-0.2, -0.15) is 0 Å². The van der Waals surface area contributed by atoms with Gasteiger partial charge in [0.15, 0.2) is 0 Å². The molecule has 118 valence electrons. The van der Waals surface area contributed by atoms with Crippen LogP contribution in [0, 0.1) is 6.92 Å². The Kier molecular flexibility index (Phi) is 4.70. The number of hydrogen-bond acceptors (Lipinski definition) is 3. The first kappa shape index (κ1) is 15.7. The predicted octanol–water partition coefficient (Wildman–Crippen LogP) is 3.46. The number of aliphatic hydroxyl groups excluding tert-OH is 1. The maximum Gasteiger partial charge on any atom is 0.0712 e. The molecule has 0 aliphatic rings. The molecule has 0 saturated carbocycles. The summed E-state index contributed by atoms with van der Waals surface area (Å²) in [6.45, 7) is 2.11. The maximum absolute atomic E-state index is 9.17. The molecule has 0 fully saturated rings. The Morgan fingerprint density at radius 2 is 1.87 bits per heavy atom. The van der Waals surface area contributed by atoms with E-state index in [0.29, 0.717) is 0 Å². The molecule has 1 aromatic heterocycles. The van der Waals surface area contributed by atoms with Crippen LogP contribution in [0.25, 0.3) is 22.2 Å². The minimum atomic E-state index is -0.178. The number of nitrogens with zero attached hydrogens (tertiary/aromatic N) is 1. The third-order valence-electron chi connectivity index (χ3n) is 4.14. The Balaban J connectivity index is 2.08. The molecule has 1 heterocycles. The van der Waals surface area contributed by atoms with Gasteiger partial charge < -0.3 is 10.8 Å². The number of fused-ring (bicyclic) bond motifs is 1. The number of benzene rings is 2. The molecule has 0 bridgehead atoms. The van der Waals surface area contributed by atoms with Crippen LogP contribution in [-0.4, -0.2) is 22.7 Å².